The van der Waals surface area contributed by atoms with Gasteiger partial charge in [0.15, 0.2) is 0 Å². The molecule has 1 N–H and O–H groups in total. The van der Waals surface area contributed by atoms with Gasteiger partial charge in [-0.25, -0.2) is 0 Å². The summed E-state index contributed by atoms with van der Waals surface area (Å²) in [5, 5.41) is 9.87. The number of pyridine rings is 1. The number of hydrogen-bond acceptors (Lipinski definition) is 4. The molecular formula is C26H23NO3. The van der Waals surface area contributed by atoms with Gasteiger partial charge in [-0.15, -0.1) is 0 Å². The number of hydrogen-bond donors (Lipinski definition) is 1. The molecule has 0 amide bonds. The molecule has 3 aromatic carbocycles. The second kappa shape index (κ2) is 9.14. The van der Waals surface area contributed by atoms with Crippen LogP contribution in [0.2, 0.25) is 0 Å². The van der Waals surface area contributed by atoms with Crippen LogP contribution in [-0.4, -0.2) is 10.1 Å². The quantitative estimate of drug-likeness (QED) is 0.420. The van der Waals surface area contributed by atoms with Crippen molar-refractivity contribution < 1.29 is 14.6 Å². The van der Waals surface area contributed by atoms with Crippen molar-refractivity contribution in [2.75, 3.05) is 0 Å². The molecule has 150 valence electrons. The van der Waals surface area contributed by atoms with Crippen LogP contribution in [0.25, 0.3) is 11.1 Å². The predicted molar refractivity (Wildman–Crippen MR) is 118 cm³/mol. The summed E-state index contributed by atoms with van der Waals surface area (Å²) in [6, 6.07) is 29.2. The highest BCUT2D eigenvalue weighted by atomic mass is 16.5. The van der Waals surface area contributed by atoms with Crippen LogP contribution in [0.15, 0.2) is 91.0 Å². The zero-order chi connectivity index (χ0) is 20.8. The Bertz CT molecular complexity index is 1110. The molecule has 0 aliphatic carbocycles. The number of rotatable bonds is 7. The molecule has 0 spiro atoms. The fourth-order valence-corrected chi connectivity index (χ4v) is 3.11. The lowest BCUT2D eigenvalue weighted by Crippen LogP contribution is -2.02. The van der Waals surface area contributed by atoms with Gasteiger partial charge in [0, 0.05) is 11.6 Å². The summed E-state index contributed by atoms with van der Waals surface area (Å²) >= 11 is 0. The number of aromatic nitrogens is 1. The van der Waals surface area contributed by atoms with E-state index in [2.05, 4.69) is 4.98 Å². The normalized spacial score (nSPS) is 10.6. The summed E-state index contributed by atoms with van der Waals surface area (Å²) in [6.45, 7) is 2.71. The van der Waals surface area contributed by atoms with Gasteiger partial charge < -0.3 is 14.6 Å². The number of phenolic OH excluding ortho intramolecular Hbond substituents is 1. The summed E-state index contributed by atoms with van der Waals surface area (Å²) in [5.74, 6) is 1.26. The van der Waals surface area contributed by atoms with Crippen molar-refractivity contribution in [2.45, 2.75) is 20.1 Å². The summed E-state index contributed by atoms with van der Waals surface area (Å²) in [4.78, 5) is 4.62. The largest absolute Gasteiger partial charge is 0.508 e. The molecule has 4 aromatic rings. The van der Waals surface area contributed by atoms with Crippen LogP contribution in [0, 0.1) is 6.92 Å². The fraction of sp³-hybridized carbons (Fsp3) is 0.115. The summed E-state index contributed by atoms with van der Waals surface area (Å²) in [7, 11) is 0. The SMILES string of the molecule is Cc1cc(-c2ccc(OCc3ccccc3)nc2OCc2ccccc2)ccc1O. The molecule has 0 radical (unpaired) electrons. The Morgan fingerprint density at radius 1 is 0.733 bits per heavy atom. The summed E-state index contributed by atoms with van der Waals surface area (Å²) in [5.41, 5.74) is 4.70. The molecule has 0 bridgehead atoms. The first kappa shape index (κ1) is 19.5. The molecule has 0 saturated carbocycles. The lowest BCUT2D eigenvalue weighted by atomic mass is 10.0. The van der Waals surface area contributed by atoms with Crippen molar-refractivity contribution >= 4 is 0 Å². The Balaban J connectivity index is 1.61. The zero-order valence-electron chi connectivity index (χ0n) is 16.8. The highest BCUT2D eigenvalue weighted by molar-refractivity contribution is 5.70. The molecule has 0 unspecified atom stereocenters. The van der Waals surface area contributed by atoms with E-state index in [1.807, 2.05) is 91.9 Å². The van der Waals surface area contributed by atoms with Gasteiger partial charge in [-0.1, -0.05) is 66.7 Å². The molecule has 30 heavy (non-hydrogen) atoms. The lowest BCUT2D eigenvalue weighted by molar-refractivity contribution is 0.268. The first-order valence-electron chi connectivity index (χ1n) is 9.83. The van der Waals surface area contributed by atoms with E-state index in [0.717, 1.165) is 27.8 Å². The maximum Gasteiger partial charge on any atom is 0.225 e. The van der Waals surface area contributed by atoms with E-state index in [0.29, 0.717) is 25.0 Å². The molecule has 0 saturated heterocycles. The third kappa shape index (κ3) is 4.78. The first-order valence-corrected chi connectivity index (χ1v) is 9.83. The molecule has 1 aromatic heterocycles. The van der Waals surface area contributed by atoms with Crippen LogP contribution in [0.5, 0.6) is 17.5 Å². The van der Waals surface area contributed by atoms with Crippen LogP contribution >= 0.6 is 0 Å². The lowest BCUT2D eigenvalue weighted by Gasteiger charge is -2.14. The maximum atomic E-state index is 9.87. The van der Waals surface area contributed by atoms with Gasteiger partial charge in [-0.2, -0.15) is 4.98 Å². The second-order valence-electron chi connectivity index (χ2n) is 7.05. The molecule has 4 nitrogen and oxygen atoms in total. The van der Waals surface area contributed by atoms with Crippen LogP contribution in [0.1, 0.15) is 16.7 Å². The number of benzene rings is 3. The van der Waals surface area contributed by atoms with E-state index in [4.69, 9.17) is 9.47 Å². The van der Waals surface area contributed by atoms with Gasteiger partial charge in [0.2, 0.25) is 11.8 Å². The maximum absolute atomic E-state index is 9.87. The number of nitrogens with zero attached hydrogens (tertiary/aromatic N) is 1. The van der Waals surface area contributed by atoms with Gasteiger partial charge in [0.05, 0.1) is 0 Å². The van der Waals surface area contributed by atoms with Gasteiger partial charge >= 0.3 is 0 Å². The van der Waals surface area contributed by atoms with Gasteiger partial charge in [0.1, 0.15) is 19.0 Å². The number of aromatic hydroxyl groups is 1. The Kier molecular flexibility index (Phi) is 5.95. The van der Waals surface area contributed by atoms with Crippen LogP contribution in [0.4, 0.5) is 0 Å². The predicted octanol–water partition coefficient (Wildman–Crippen LogP) is 5.92. The molecule has 0 fully saturated rings. The summed E-state index contributed by atoms with van der Waals surface area (Å²) < 4.78 is 12.0. The van der Waals surface area contributed by atoms with Crippen LogP contribution < -0.4 is 9.47 Å². The van der Waals surface area contributed by atoms with E-state index in [9.17, 15) is 5.11 Å². The minimum Gasteiger partial charge on any atom is -0.508 e. The smallest absolute Gasteiger partial charge is 0.225 e. The molecule has 0 aliphatic heterocycles. The highest BCUT2D eigenvalue weighted by Gasteiger charge is 2.12. The molecule has 0 atom stereocenters. The molecular weight excluding hydrogens is 374 g/mol. The van der Waals surface area contributed by atoms with E-state index >= 15 is 0 Å². The fourth-order valence-electron chi connectivity index (χ4n) is 3.11. The zero-order valence-corrected chi connectivity index (χ0v) is 16.8. The van der Waals surface area contributed by atoms with Crippen molar-refractivity contribution in [2.24, 2.45) is 0 Å². The average Bonchev–Trinajstić information content (AvgIpc) is 2.79. The molecule has 1 heterocycles. The van der Waals surface area contributed by atoms with E-state index in [-0.39, 0.29) is 5.75 Å². The average molecular weight is 397 g/mol. The minimum atomic E-state index is 0.265. The van der Waals surface area contributed by atoms with Crippen molar-refractivity contribution in [3.05, 3.63) is 108 Å². The minimum absolute atomic E-state index is 0.265. The number of phenols is 1. The van der Waals surface area contributed by atoms with E-state index in [1.54, 1.807) is 6.07 Å². The Morgan fingerprint density at radius 3 is 2.00 bits per heavy atom. The van der Waals surface area contributed by atoms with Crippen molar-refractivity contribution in [1.82, 2.24) is 4.98 Å². The monoisotopic (exact) mass is 397 g/mol. The first-order chi connectivity index (χ1) is 14.7. The topological polar surface area (TPSA) is 51.6 Å². The molecule has 0 aliphatic rings. The van der Waals surface area contributed by atoms with Crippen LogP contribution in [0.3, 0.4) is 0 Å². The van der Waals surface area contributed by atoms with Gasteiger partial charge in [-0.3, -0.25) is 0 Å². The van der Waals surface area contributed by atoms with E-state index < -0.39 is 0 Å². The Labute approximate surface area is 176 Å². The molecule has 4 rings (SSSR count). The van der Waals surface area contributed by atoms with Gasteiger partial charge in [0.25, 0.3) is 0 Å². The van der Waals surface area contributed by atoms with Crippen molar-refractivity contribution in [3.8, 4) is 28.6 Å². The summed E-state index contributed by atoms with van der Waals surface area (Å²) in [6.07, 6.45) is 0. The van der Waals surface area contributed by atoms with Crippen LogP contribution in [-0.2, 0) is 13.2 Å². The Hall–Kier alpha value is -3.79. The Morgan fingerprint density at radius 2 is 1.37 bits per heavy atom. The third-order valence-electron chi connectivity index (χ3n) is 4.79. The van der Waals surface area contributed by atoms with E-state index in [1.165, 1.54) is 0 Å². The number of ether oxygens (including phenoxy) is 2. The standard InChI is InChI=1S/C26H23NO3/c1-19-16-22(12-14-24(19)28)23-13-15-25(29-17-20-8-4-2-5-9-20)27-26(23)30-18-21-10-6-3-7-11-21/h2-16,28H,17-18H2,1H3. The third-order valence-corrected chi connectivity index (χ3v) is 4.79. The number of aryl methyl sites for hydroxylation is 1. The van der Waals surface area contributed by atoms with Crippen molar-refractivity contribution in [1.29, 1.82) is 0 Å². The second-order valence-corrected chi connectivity index (χ2v) is 7.05. The highest BCUT2D eigenvalue weighted by Crippen LogP contribution is 2.33. The van der Waals surface area contributed by atoms with Crippen molar-refractivity contribution in [3.63, 3.8) is 0 Å². The van der Waals surface area contributed by atoms with Gasteiger partial charge in [-0.05, 0) is 47.4 Å². The molecule has 4 heteroatoms.